The van der Waals surface area contributed by atoms with Crippen LogP contribution < -0.4 is 5.32 Å². The molecule has 4 rings (SSSR count). The Balaban J connectivity index is 1.69. The maximum atomic E-state index is 14.4. The average Bonchev–Trinajstić information content (AvgIpc) is 3.36. The number of halogens is 1. The van der Waals surface area contributed by atoms with Crippen molar-refractivity contribution in [3.63, 3.8) is 0 Å². The van der Waals surface area contributed by atoms with Crippen LogP contribution >= 0.6 is 11.8 Å². The quantitative estimate of drug-likeness (QED) is 0.509. The summed E-state index contributed by atoms with van der Waals surface area (Å²) >= 11 is 1.41. The van der Waals surface area contributed by atoms with E-state index in [1.807, 2.05) is 36.6 Å². The number of thioether (sulfide) groups is 1. The Labute approximate surface area is 169 Å². The summed E-state index contributed by atoms with van der Waals surface area (Å²) in [5.41, 5.74) is 1.64. The zero-order chi connectivity index (χ0) is 20.4. The Morgan fingerprint density at radius 2 is 1.93 bits per heavy atom. The SMILES string of the molecule is CSc1ncc(C(=O)Nc2cc(-n3nnnc3C)ccc2F)n1-c1ccccc1. The molecule has 2 aromatic carbocycles. The maximum Gasteiger partial charge on any atom is 0.274 e. The molecule has 0 aliphatic heterocycles. The largest absolute Gasteiger partial charge is 0.318 e. The molecule has 0 saturated carbocycles. The summed E-state index contributed by atoms with van der Waals surface area (Å²) in [7, 11) is 0. The van der Waals surface area contributed by atoms with Gasteiger partial charge in [0.2, 0.25) is 0 Å². The standard InChI is InChI=1S/C19H16FN7OS/c1-12-23-24-25-27(12)14-8-9-15(20)16(10-14)22-18(28)17-11-21-19(29-2)26(17)13-6-4-3-5-7-13/h3-11H,1-2H3,(H,22,28). The molecule has 1 N–H and O–H groups in total. The van der Waals surface area contributed by atoms with E-state index in [2.05, 4.69) is 25.8 Å². The Kier molecular flexibility index (Phi) is 5.09. The minimum atomic E-state index is -0.566. The number of aromatic nitrogens is 6. The predicted octanol–water partition coefficient (Wildman–Crippen LogP) is 3.27. The molecule has 0 aliphatic carbocycles. The van der Waals surface area contributed by atoms with E-state index in [4.69, 9.17) is 0 Å². The highest BCUT2D eigenvalue weighted by Gasteiger charge is 2.19. The van der Waals surface area contributed by atoms with Crippen LogP contribution in [0.15, 0.2) is 59.9 Å². The van der Waals surface area contributed by atoms with Crippen LogP contribution in [0.25, 0.3) is 11.4 Å². The molecule has 29 heavy (non-hydrogen) atoms. The lowest BCUT2D eigenvalue weighted by Crippen LogP contribution is -2.17. The van der Waals surface area contributed by atoms with Gasteiger partial charge < -0.3 is 5.32 Å². The van der Waals surface area contributed by atoms with Gasteiger partial charge in [0.15, 0.2) is 11.0 Å². The van der Waals surface area contributed by atoms with Crippen molar-refractivity contribution >= 4 is 23.4 Å². The van der Waals surface area contributed by atoms with Crippen LogP contribution in [0.1, 0.15) is 16.3 Å². The average molecular weight is 409 g/mol. The minimum Gasteiger partial charge on any atom is -0.318 e. The van der Waals surface area contributed by atoms with Crippen molar-refractivity contribution in [1.29, 1.82) is 0 Å². The van der Waals surface area contributed by atoms with Crippen molar-refractivity contribution in [2.75, 3.05) is 11.6 Å². The molecule has 0 bridgehead atoms. The molecule has 0 radical (unpaired) electrons. The van der Waals surface area contributed by atoms with Crippen LogP contribution in [0, 0.1) is 12.7 Å². The number of anilines is 1. The van der Waals surface area contributed by atoms with E-state index in [9.17, 15) is 9.18 Å². The second kappa shape index (κ2) is 7.84. The van der Waals surface area contributed by atoms with Gasteiger partial charge in [0.05, 0.1) is 17.6 Å². The number of tetrazole rings is 1. The van der Waals surface area contributed by atoms with Crippen LogP contribution in [0.4, 0.5) is 10.1 Å². The summed E-state index contributed by atoms with van der Waals surface area (Å²) in [5.74, 6) is -0.504. The fourth-order valence-electron chi connectivity index (χ4n) is 2.86. The number of hydrogen-bond donors (Lipinski definition) is 1. The first-order valence-corrected chi connectivity index (χ1v) is 9.84. The number of imidazole rings is 1. The lowest BCUT2D eigenvalue weighted by Gasteiger charge is -2.12. The fourth-order valence-corrected chi connectivity index (χ4v) is 3.41. The molecule has 0 spiro atoms. The number of para-hydroxylation sites is 1. The molecule has 2 heterocycles. The molecule has 0 saturated heterocycles. The normalized spacial score (nSPS) is 10.9. The van der Waals surface area contributed by atoms with E-state index in [1.54, 1.807) is 11.5 Å². The van der Waals surface area contributed by atoms with Gasteiger partial charge in [-0.05, 0) is 53.9 Å². The number of nitrogens with zero attached hydrogens (tertiary/aromatic N) is 6. The van der Waals surface area contributed by atoms with Crippen molar-refractivity contribution in [3.8, 4) is 11.4 Å². The van der Waals surface area contributed by atoms with Gasteiger partial charge in [0, 0.05) is 5.69 Å². The highest BCUT2D eigenvalue weighted by atomic mass is 32.2. The van der Waals surface area contributed by atoms with E-state index in [1.165, 1.54) is 40.8 Å². The molecule has 146 valence electrons. The molecule has 0 atom stereocenters. The number of carbonyl (C=O) groups is 1. The molecule has 1 amide bonds. The summed E-state index contributed by atoms with van der Waals surface area (Å²) in [5, 5.41) is 14.6. The number of aryl methyl sites for hydroxylation is 1. The van der Waals surface area contributed by atoms with E-state index < -0.39 is 11.7 Å². The molecule has 0 fully saturated rings. The topological polar surface area (TPSA) is 90.5 Å². The van der Waals surface area contributed by atoms with Crippen LogP contribution in [-0.4, -0.2) is 41.9 Å². The van der Waals surface area contributed by atoms with E-state index in [0.717, 1.165) is 5.69 Å². The third-order valence-corrected chi connectivity index (χ3v) is 4.88. The fraction of sp³-hybridized carbons (Fsp3) is 0.105. The van der Waals surface area contributed by atoms with E-state index in [-0.39, 0.29) is 5.69 Å². The maximum absolute atomic E-state index is 14.4. The number of amides is 1. The number of rotatable bonds is 5. The first-order valence-electron chi connectivity index (χ1n) is 8.62. The Morgan fingerprint density at radius 1 is 1.14 bits per heavy atom. The van der Waals surface area contributed by atoms with Gasteiger partial charge in [-0.2, -0.15) is 4.68 Å². The zero-order valence-corrected chi connectivity index (χ0v) is 16.4. The Hall–Kier alpha value is -3.53. The molecule has 0 unspecified atom stereocenters. The predicted molar refractivity (Wildman–Crippen MR) is 107 cm³/mol. The van der Waals surface area contributed by atoms with Crippen molar-refractivity contribution in [2.45, 2.75) is 12.1 Å². The lowest BCUT2D eigenvalue weighted by molar-refractivity contribution is 0.101. The van der Waals surface area contributed by atoms with Crippen molar-refractivity contribution in [2.24, 2.45) is 0 Å². The number of benzene rings is 2. The van der Waals surface area contributed by atoms with Crippen LogP contribution in [-0.2, 0) is 0 Å². The van der Waals surface area contributed by atoms with Crippen LogP contribution in [0.2, 0.25) is 0 Å². The molecule has 2 aromatic heterocycles. The monoisotopic (exact) mass is 409 g/mol. The van der Waals surface area contributed by atoms with Gasteiger partial charge in [-0.1, -0.05) is 30.0 Å². The van der Waals surface area contributed by atoms with Gasteiger partial charge >= 0.3 is 0 Å². The summed E-state index contributed by atoms with van der Waals surface area (Å²) in [6, 6.07) is 13.7. The first kappa shape index (κ1) is 18.8. The van der Waals surface area contributed by atoms with Gasteiger partial charge in [0.1, 0.15) is 11.5 Å². The molecular weight excluding hydrogens is 393 g/mol. The van der Waals surface area contributed by atoms with E-state index >= 15 is 0 Å². The van der Waals surface area contributed by atoms with Crippen molar-refractivity contribution < 1.29 is 9.18 Å². The second-order valence-electron chi connectivity index (χ2n) is 6.06. The summed E-state index contributed by atoms with van der Waals surface area (Å²) in [6.07, 6.45) is 3.35. The van der Waals surface area contributed by atoms with Crippen LogP contribution in [0.5, 0.6) is 0 Å². The number of carbonyl (C=O) groups excluding carboxylic acids is 1. The highest BCUT2D eigenvalue weighted by Crippen LogP contribution is 2.24. The minimum absolute atomic E-state index is 0.0221. The second-order valence-corrected chi connectivity index (χ2v) is 6.83. The van der Waals surface area contributed by atoms with Crippen molar-refractivity contribution in [1.82, 2.24) is 29.8 Å². The smallest absolute Gasteiger partial charge is 0.274 e. The highest BCUT2D eigenvalue weighted by molar-refractivity contribution is 7.98. The summed E-state index contributed by atoms with van der Waals surface area (Å²) in [4.78, 5) is 17.3. The first-order chi connectivity index (χ1) is 14.1. The van der Waals surface area contributed by atoms with Gasteiger partial charge in [0.25, 0.3) is 5.91 Å². The van der Waals surface area contributed by atoms with Crippen molar-refractivity contribution in [3.05, 3.63) is 72.1 Å². The third-order valence-electron chi connectivity index (χ3n) is 4.23. The molecular formula is C19H16FN7OS. The summed E-state index contributed by atoms with van der Waals surface area (Å²) in [6.45, 7) is 1.73. The number of nitrogens with one attached hydrogen (secondary N) is 1. The number of hydrogen-bond acceptors (Lipinski definition) is 6. The molecule has 10 heteroatoms. The van der Waals surface area contributed by atoms with Gasteiger partial charge in [-0.15, -0.1) is 5.10 Å². The Morgan fingerprint density at radius 3 is 2.62 bits per heavy atom. The Bertz CT molecular complexity index is 1170. The lowest BCUT2D eigenvalue weighted by atomic mass is 10.2. The molecule has 8 nitrogen and oxygen atoms in total. The third kappa shape index (κ3) is 3.61. The van der Waals surface area contributed by atoms with Gasteiger partial charge in [-0.3, -0.25) is 9.36 Å². The molecule has 0 aliphatic rings. The zero-order valence-electron chi connectivity index (χ0n) is 15.6. The van der Waals surface area contributed by atoms with Crippen LogP contribution in [0.3, 0.4) is 0 Å². The van der Waals surface area contributed by atoms with E-state index in [0.29, 0.717) is 22.4 Å². The summed E-state index contributed by atoms with van der Waals surface area (Å²) < 4.78 is 17.6. The van der Waals surface area contributed by atoms with Gasteiger partial charge in [-0.25, -0.2) is 9.37 Å². The molecule has 4 aromatic rings.